The number of benzene rings is 3. The molecule has 1 unspecified atom stereocenters. The molecule has 8 heteroatoms. The average molecular weight is 508 g/mol. The lowest BCUT2D eigenvalue weighted by Gasteiger charge is -2.37. The Morgan fingerprint density at radius 3 is 2.53 bits per heavy atom. The summed E-state index contributed by atoms with van der Waals surface area (Å²) >= 11 is 0. The monoisotopic (exact) mass is 507 g/mol. The number of hydrogen-bond donors (Lipinski definition) is 3. The van der Waals surface area contributed by atoms with Gasteiger partial charge in [-0.1, -0.05) is 55.1 Å². The second-order valence-corrected chi connectivity index (χ2v) is 9.34. The molecule has 1 aromatic heterocycles. The first kappa shape index (κ1) is 24.8. The molecule has 0 radical (unpaired) electrons. The maximum atomic E-state index is 12.7. The molecule has 0 saturated heterocycles. The van der Waals surface area contributed by atoms with Gasteiger partial charge in [-0.2, -0.15) is 5.10 Å². The quantitative estimate of drug-likeness (QED) is 0.293. The lowest BCUT2D eigenvalue weighted by atomic mass is 9.86. The van der Waals surface area contributed by atoms with Crippen LogP contribution in [0.5, 0.6) is 5.75 Å². The summed E-state index contributed by atoms with van der Waals surface area (Å²) in [4.78, 5) is 24.8. The highest BCUT2D eigenvalue weighted by Gasteiger charge is 2.40. The van der Waals surface area contributed by atoms with Crippen molar-refractivity contribution >= 4 is 23.3 Å². The largest absolute Gasteiger partial charge is 0.489 e. The molecule has 38 heavy (non-hydrogen) atoms. The third kappa shape index (κ3) is 4.64. The molecule has 2 amide bonds. The Morgan fingerprint density at radius 2 is 1.82 bits per heavy atom. The van der Waals surface area contributed by atoms with Crippen molar-refractivity contribution in [2.24, 2.45) is 5.73 Å². The number of primary amides is 1. The Morgan fingerprint density at radius 1 is 1.11 bits per heavy atom. The fourth-order valence-electron chi connectivity index (χ4n) is 4.85. The number of anilines is 2. The third-order valence-corrected chi connectivity index (χ3v) is 6.83. The van der Waals surface area contributed by atoms with Gasteiger partial charge >= 0.3 is 0 Å². The molecule has 192 valence electrons. The zero-order chi connectivity index (χ0) is 26.7. The fourth-order valence-corrected chi connectivity index (χ4v) is 4.85. The lowest BCUT2D eigenvalue weighted by molar-refractivity contribution is -0.111. The molecule has 1 atom stereocenters. The minimum absolute atomic E-state index is 0.302. The Hall–Kier alpha value is -4.85. The van der Waals surface area contributed by atoms with Crippen LogP contribution in [0.15, 0.2) is 91.5 Å². The van der Waals surface area contributed by atoms with Crippen molar-refractivity contribution < 1.29 is 14.3 Å². The second kappa shape index (κ2) is 10.3. The van der Waals surface area contributed by atoms with Crippen LogP contribution in [0.3, 0.4) is 0 Å². The summed E-state index contributed by atoms with van der Waals surface area (Å²) in [5.74, 6) is 0.381. The molecule has 0 fully saturated rings. The van der Waals surface area contributed by atoms with Crippen LogP contribution in [-0.2, 0) is 16.9 Å². The van der Waals surface area contributed by atoms with E-state index in [1.165, 1.54) is 6.08 Å². The molecular weight excluding hydrogens is 478 g/mol. The van der Waals surface area contributed by atoms with Gasteiger partial charge in [0, 0.05) is 23.4 Å². The molecule has 4 N–H and O–H groups in total. The summed E-state index contributed by atoms with van der Waals surface area (Å²) in [6.07, 6.45) is 1.91. The fraction of sp³-hybridized carbons (Fsp3) is 0.167. The van der Waals surface area contributed by atoms with E-state index >= 15 is 0 Å². The van der Waals surface area contributed by atoms with Gasteiger partial charge in [0.1, 0.15) is 29.4 Å². The van der Waals surface area contributed by atoms with Gasteiger partial charge < -0.3 is 21.1 Å². The normalized spacial score (nSPS) is 16.1. The van der Waals surface area contributed by atoms with Crippen molar-refractivity contribution in [2.45, 2.75) is 25.5 Å². The van der Waals surface area contributed by atoms with Crippen LogP contribution >= 0.6 is 0 Å². The summed E-state index contributed by atoms with van der Waals surface area (Å²) in [5.41, 5.74) is 9.36. The molecule has 1 aliphatic rings. The van der Waals surface area contributed by atoms with E-state index in [4.69, 9.17) is 15.6 Å². The molecule has 3 aromatic carbocycles. The van der Waals surface area contributed by atoms with Gasteiger partial charge in [0.2, 0.25) is 5.91 Å². The Bertz CT molecular complexity index is 1490. The number of hydrogen-bond acceptors (Lipinski definition) is 5. The molecular formula is C30H29N5O3. The summed E-state index contributed by atoms with van der Waals surface area (Å²) in [7, 11) is 0. The smallest absolute Gasteiger partial charge is 0.254 e. The van der Waals surface area contributed by atoms with E-state index < -0.39 is 11.4 Å². The first-order chi connectivity index (χ1) is 18.4. The van der Waals surface area contributed by atoms with Crippen molar-refractivity contribution in [1.29, 1.82) is 0 Å². The van der Waals surface area contributed by atoms with E-state index in [9.17, 15) is 9.59 Å². The van der Waals surface area contributed by atoms with Crippen LogP contribution in [0, 0.1) is 0 Å². The topological polar surface area (TPSA) is 111 Å². The van der Waals surface area contributed by atoms with Gasteiger partial charge in [0.15, 0.2) is 0 Å². The van der Waals surface area contributed by atoms with Crippen molar-refractivity contribution in [3.05, 3.63) is 108 Å². The second-order valence-electron chi connectivity index (χ2n) is 9.34. The van der Waals surface area contributed by atoms with E-state index in [1.54, 1.807) is 0 Å². The standard InChI is InChI=1S/C30H29N5O3/c1-3-25(36)33-24-12-8-7-11-23(24)30(2)17-18-32-29-26(28(31)37)27(34-35(29)30)21-13-15-22(16-14-21)38-19-20-9-5-4-6-10-20/h3-16,32H,1,17-19H2,2H3,(H2,31,37)(H,33,36). The summed E-state index contributed by atoms with van der Waals surface area (Å²) < 4.78 is 7.73. The van der Waals surface area contributed by atoms with E-state index in [2.05, 4.69) is 17.2 Å². The number of nitrogens with one attached hydrogen (secondary N) is 2. The zero-order valence-electron chi connectivity index (χ0n) is 21.1. The number of amides is 2. The molecule has 8 nitrogen and oxygen atoms in total. The highest BCUT2D eigenvalue weighted by atomic mass is 16.5. The maximum Gasteiger partial charge on any atom is 0.254 e. The highest BCUT2D eigenvalue weighted by Crippen LogP contribution is 2.42. The maximum absolute atomic E-state index is 12.7. The van der Waals surface area contributed by atoms with E-state index in [1.807, 2.05) is 90.5 Å². The van der Waals surface area contributed by atoms with Crippen LogP contribution in [0.25, 0.3) is 11.3 Å². The van der Waals surface area contributed by atoms with Crippen LogP contribution < -0.4 is 21.1 Å². The van der Waals surface area contributed by atoms with Crippen molar-refractivity contribution in [3.8, 4) is 17.0 Å². The number of para-hydroxylation sites is 1. The summed E-state index contributed by atoms with van der Waals surface area (Å²) in [6.45, 7) is 6.64. The number of carbonyl (C=O) groups excluding carboxylic acids is 2. The highest BCUT2D eigenvalue weighted by molar-refractivity contribution is 6.04. The molecule has 4 aromatic rings. The number of nitrogens with two attached hydrogens (primary N) is 1. The average Bonchev–Trinajstić information content (AvgIpc) is 3.34. The number of nitrogens with zero attached hydrogens (tertiary/aromatic N) is 2. The van der Waals surface area contributed by atoms with Crippen LogP contribution in [0.1, 0.15) is 34.8 Å². The first-order valence-electron chi connectivity index (χ1n) is 12.4. The number of fused-ring (bicyclic) bond motifs is 1. The third-order valence-electron chi connectivity index (χ3n) is 6.83. The molecule has 2 heterocycles. The van der Waals surface area contributed by atoms with Gasteiger partial charge in [-0.25, -0.2) is 4.68 Å². The predicted molar refractivity (Wildman–Crippen MR) is 148 cm³/mol. The zero-order valence-corrected chi connectivity index (χ0v) is 21.1. The lowest BCUT2D eigenvalue weighted by Crippen LogP contribution is -2.40. The first-order valence-corrected chi connectivity index (χ1v) is 12.4. The Balaban J connectivity index is 1.52. The van der Waals surface area contributed by atoms with Gasteiger partial charge in [0.25, 0.3) is 5.91 Å². The van der Waals surface area contributed by atoms with Crippen LogP contribution in [0.2, 0.25) is 0 Å². The van der Waals surface area contributed by atoms with Gasteiger partial charge in [0.05, 0.1) is 5.54 Å². The minimum atomic E-state index is -0.660. The van der Waals surface area contributed by atoms with Gasteiger partial charge in [-0.15, -0.1) is 0 Å². The molecule has 1 aliphatic heterocycles. The number of aromatic nitrogens is 2. The predicted octanol–water partition coefficient (Wildman–Crippen LogP) is 4.93. The van der Waals surface area contributed by atoms with Crippen molar-refractivity contribution in [3.63, 3.8) is 0 Å². The molecule has 5 rings (SSSR count). The van der Waals surface area contributed by atoms with Crippen LogP contribution in [-0.4, -0.2) is 28.1 Å². The van der Waals surface area contributed by atoms with E-state index in [0.29, 0.717) is 48.1 Å². The number of carbonyl (C=O) groups is 2. The molecule has 0 aliphatic carbocycles. The number of rotatable bonds is 8. The Labute approximate surface area is 221 Å². The number of ether oxygens (including phenoxy) is 1. The van der Waals surface area contributed by atoms with E-state index in [0.717, 1.165) is 16.7 Å². The van der Waals surface area contributed by atoms with Gasteiger partial charge in [-0.3, -0.25) is 9.59 Å². The van der Waals surface area contributed by atoms with Gasteiger partial charge in [-0.05, 0) is 55.3 Å². The minimum Gasteiger partial charge on any atom is -0.489 e. The SMILES string of the molecule is C=CC(=O)Nc1ccccc1C1(C)CCNc2c(C(N)=O)c(-c3ccc(OCc4ccccc4)cc3)nn21. The van der Waals surface area contributed by atoms with E-state index in [-0.39, 0.29) is 5.91 Å². The van der Waals surface area contributed by atoms with Crippen LogP contribution in [0.4, 0.5) is 11.5 Å². The summed E-state index contributed by atoms with van der Waals surface area (Å²) in [5, 5.41) is 11.1. The summed E-state index contributed by atoms with van der Waals surface area (Å²) in [6, 6.07) is 25.0. The van der Waals surface area contributed by atoms with Crippen molar-refractivity contribution in [2.75, 3.05) is 17.2 Å². The van der Waals surface area contributed by atoms with Crippen molar-refractivity contribution in [1.82, 2.24) is 9.78 Å². The molecule has 0 spiro atoms. The molecule has 0 saturated carbocycles. The molecule has 0 bridgehead atoms. The Kier molecular flexibility index (Phi) is 6.70.